The van der Waals surface area contributed by atoms with Crippen molar-refractivity contribution >= 4 is 17.5 Å². The fourth-order valence-corrected chi connectivity index (χ4v) is 1.89. The molecule has 2 N–H and O–H groups in total. The lowest BCUT2D eigenvalue weighted by atomic mass is 10.1. The number of benzene rings is 1. The number of aryl methyl sites for hydroxylation is 1. The lowest BCUT2D eigenvalue weighted by Gasteiger charge is -2.11. The minimum Gasteiger partial charge on any atom is -0.352 e. The van der Waals surface area contributed by atoms with E-state index in [4.69, 9.17) is 0 Å². The van der Waals surface area contributed by atoms with Gasteiger partial charge in [0.05, 0.1) is 0 Å². The first-order valence-corrected chi connectivity index (χ1v) is 6.94. The molecule has 1 amide bonds. The molecule has 0 spiro atoms. The molecule has 0 saturated heterocycles. The van der Waals surface area contributed by atoms with Gasteiger partial charge in [0, 0.05) is 17.9 Å². The summed E-state index contributed by atoms with van der Waals surface area (Å²) < 4.78 is 0. The van der Waals surface area contributed by atoms with Crippen LogP contribution in [0.15, 0.2) is 30.5 Å². The number of carbonyl (C=O) groups is 1. The molecule has 0 atom stereocenters. The molecule has 0 aliphatic rings. The maximum absolute atomic E-state index is 12.3. The van der Waals surface area contributed by atoms with Gasteiger partial charge in [0.15, 0.2) is 0 Å². The average Bonchev–Trinajstić information content (AvgIpc) is 2.43. The number of rotatable bonds is 4. The van der Waals surface area contributed by atoms with Gasteiger partial charge in [-0.15, -0.1) is 0 Å². The molecule has 0 aliphatic carbocycles. The minimum atomic E-state index is -0.238. The highest BCUT2D eigenvalue weighted by molar-refractivity contribution is 6.03. The zero-order chi connectivity index (χ0) is 15.4. The van der Waals surface area contributed by atoms with Crippen LogP contribution >= 0.6 is 0 Å². The van der Waals surface area contributed by atoms with Gasteiger partial charge in [-0.2, -0.15) is 0 Å². The maximum Gasteiger partial charge on any atom is 0.274 e. The van der Waals surface area contributed by atoms with Crippen LogP contribution in [0.1, 0.15) is 35.5 Å². The lowest BCUT2D eigenvalue weighted by molar-refractivity contribution is 0.102. The van der Waals surface area contributed by atoms with Crippen LogP contribution in [-0.2, 0) is 0 Å². The van der Waals surface area contributed by atoms with Crippen LogP contribution in [0.4, 0.5) is 11.6 Å². The van der Waals surface area contributed by atoms with Gasteiger partial charge in [0.25, 0.3) is 5.91 Å². The van der Waals surface area contributed by atoms with Crippen molar-refractivity contribution in [3.63, 3.8) is 0 Å². The number of nitrogens with zero attached hydrogens (tertiary/aromatic N) is 2. The predicted octanol–water partition coefficient (Wildman–Crippen LogP) is 3.17. The molecule has 21 heavy (non-hydrogen) atoms. The van der Waals surface area contributed by atoms with E-state index in [1.807, 2.05) is 45.9 Å². The number of aromatic nitrogens is 2. The molecule has 5 nitrogen and oxygen atoms in total. The molecule has 0 aliphatic heterocycles. The third-order valence-corrected chi connectivity index (χ3v) is 3.16. The Morgan fingerprint density at radius 2 is 1.95 bits per heavy atom. The molecule has 1 aromatic carbocycles. The fourth-order valence-electron chi connectivity index (χ4n) is 1.89. The Morgan fingerprint density at radius 1 is 1.19 bits per heavy atom. The number of carbonyl (C=O) groups excluding carboxylic acids is 1. The van der Waals surface area contributed by atoms with Crippen LogP contribution < -0.4 is 10.6 Å². The Labute approximate surface area is 124 Å². The molecule has 0 unspecified atom stereocenters. The molecule has 1 aromatic heterocycles. The van der Waals surface area contributed by atoms with Crippen LogP contribution in [0.2, 0.25) is 0 Å². The first kappa shape index (κ1) is 15.0. The van der Waals surface area contributed by atoms with Crippen molar-refractivity contribution in [2.75, 3.05) is 10.6 Å². The van der Waals surface area contributed by atoms with Gasteiger partial charge in [-0.1, -0.05) is 12.1 Å². The van der Waals surface area contributed by atoms with Gasteiger partial charge in [-0.05, 0) is 51.0 Å². The van der Waals surface area contributed by atoms with Crippen molar-refractivity contribution < 1.29 is 4.79 Å². The van der Waals surface area contributed by atoms with E-state index < -0.39 is 0 Å². The third kappa shape index (κ3) is 3.78. The zero-order valence-electron chi connectivity index (χ0n) is 12.8. The third-order valence-electron chi connectivity index (χ3n) is 3.16. The number of anilines is 2. The van der Waals surface area contributed by atoms with Crippen molar-refractivity contribution in [3.8, 4) is 0 Å². The van der Waals surface area contributed by atoms with Gasteiger partial charge >= 0.3 is 0 Å². The summed E-state index contributed by atoms with van der Waals surface area (Å²) in [5.74, 6) is 0.219. The normalized spacial score (nSPS) is 10.5. The predicted molar refractivity (Wildman–Crippen MR) is 84.7 cm³/mol. The van der Waals surface area contributed by atoms with Crippen LogP contribution in [0.25, 0.3) is 0 Å². The maximum atomic E-state index is 12.3. The molecule has 5 heteroatoms. The van der Waals surface area contributed by atoms with Crippen LogP contribution in [-0.4, -0.2) is 21.9 Å². The number of nitrogens with one attached hydrogen (secondary N) is 2. The van der Waals surface area contributed by atoms with E-state index >= 15 is 0 Å². The van der Waals surface area contributed by atoms with E-state index in [1.165, 1.54) is 0 Å². The number of hydrogen-bond acceptors (Lipinski definition) is 4. The van der Waals surface area contributed by atoms with E-state index in [0.29, 0.717) is 11.6 Å². The van der Waals surface area contributed by atoms with Crippen molar-refractivity contribution in [1.82, 2.24) is 9.97 Å². The van der Waals surface area contributed by atoms with E-state index in [-0.39, 0.29) is 11.9 Å². The summed E-state index contributed by atoms with van der Waals surface area (Å²) in [5.41, 5.74) is 3.34. The second-order valence-electron chi connectivity index (χ2n) is 5.27. The van der Waals surface area contributed by atoms with E-state index in [1.54, 1.807) is 12.3 Å². The molecule has 0 saturated carbocycles. The fraction of sp³-hybridized carbons (Fsp3) is 0.312. The summed E-state index contributed by atoms with van der Waals surface area (Å²) in [7, 11) is 0. The summed E-state index contributed by atoms with van der Waals surface area (Å²) in [6.07, 6.45) is 1.58. The van der Waals surface area contributed by atoms with Gasteiger partial charge in [-0.25, -0.2) is 9.97 Å². The first-order chi connectivity index (χ1) is 9.97. The zero-order valence-corrected chi connectivity index (χ0v) is 12.8. The molecular weight excluding hydrogens is 264 g/mol. The van der Waals surface area contributed by atoms with Crippen LogP contribution in [0, 0.1) is 13.8 Å². The Hall–Kier alpha value is -2.43. The van der Waals surface area contributed by atoms with Crippen LogP contribution in [0.3, 0.4) is 0 Å². The molecule has 2 rings (SSSR count). The second kappa shape index (κ2) is 6.35. The number of amides is 1. The Balaban J connectivity index is 2.18. The monoisotopic (exact) mass is 284 g/mol. The minimum absolute atomic E-state index is 0.210. The van der Waals surface area contributed by atoms with E-state index in [0.717, 1.165) is 16.8 Å². The first-order valence-electron chi connectivity index (χ1n) is 6.94. The van der Waals surface area contributed by atoms with Gasteiger partial charge in [-0.3, -0.25) is 4.79 Å². The summed E-state index contributed by atoms with van der Waals surface area (Å²) in [6, 6.07) is 7.63. The highest BCUT2D eigenvalue weighted by atomic mass is 16.1. The average molecular weight is 284 g/mol. The summed E-state index contributed by atoms with van der Waals surface area (Å²) in [4.78, 5) is 20.6. The lowest BCUT2D eigenvalue weighted by Crippen LogP contribution is -2.18. The van der Waals surface area contributed by atoms with E-state index in [9.17, 15) is 4.79 Å². The van der Waals surface area contributed by atoms with Crippen molar-refractivity contribution in [2.24, 2.45) is 0 Å². The topological polar surface area (TPSA) is 66.9 Å². The highest BCUT2D eigenvalue weighted by Crippen LogP contribution is 2.18. The molecular formula is C16H20N4O. The largest absolute Gasteiger partial charge is 0.352 e. The smallest absolute Gasteiger partial charge is 0.274 e. The molecule has 110 valence electrons. The number of hydrogen-bond donors (Lipinski definition) is 2. The van der Waals surface area contributed by atoms with Crippen molar-refractivity contribution in [3.05, 3.63) is 47.3 Å². The molecule has 2 aromatic rings. The highest BCUT2D eigenvalue weighted by Gasteiger charge is 2.11. The van der Waals surface area contributed by atoms with Gasteiger partial charge < -0.3 is 10.6 Å². The van der Waals surface area contributed by atoms with Crippen LogP contribution in [0.5, 0.6) is 0 Å². The standard InChI is InChI=1S/C16H20N4O/c1-10(2)18-16-17-9-8-14(20-16)15(21)19-13-7-5-6-11(3)12(13)4/h5-10H,1-4H3,(H,19,21)(H,17,18,20). The van der Waals surface area contributed by atoms with E-state index in [2.05, 4.69) is 20.6 Å². The second-order valence-corrected chi connectivity index (χ2v) is 5.27. The molecule has 1 heterocycles. The SMILES string of the molecule is Cc1cccc(NC(=O)c2ccnc(NC(C)C)n2)c1C. The summed E-state index contributed by atoms with van der Waals surface area (Å²) in [5, 5.41) is 5.97. The quantitative estimate of drug-likeness (QED) is 0.905. The Bertz CT molecular complexity index is 652. The summed E-state index contributed by atoms with van der Waals surface area (Å²) >= 11 is 0. The van der Waals surface area contributed by atoms with Crippen molar-refractivity contribution in [2.45, 2.75) is 33.7 Å². The Morgan fingerprint density at radius 3 is 2.67 bits per heavy atom. The summed E-state index contributed by atoms with van der Waals surface area (Å²) in [6.45, 7) is 7.98. The molecule has 0 bridgehead atoms. The Kier molecular flexibility index (Phi) is 4.52. The van der Waals surface area contributed by atoms with Gasteiger partial charge in [0.2, 0.25) is 5.95 Å². The molecule has 0 radical (unpaired) electrons. The van der Waals surface area contributed by atoms with Gasteiger partial charge in [0.1, 0.15) is 5.69 Å². The van der Waals surface area contributed by atoms with Crippen molar-refractivity contribution in [1.29, 1.82) is 0 Å². The molecule has 0 fully saturated rings.